The second kappa shape index (κ2) is 9.20. The van der Waals surface area contributed by atoms with Gasteiger partial charge in [0.2, 0.25) is 0 Å². The average Bonchev–Trinajstić information content (AvgIpc) is 3.57. The van der Waals surface area contributed by atoms with Gasteiger partial charge < -0.3 is 4.57 Å². The van der Waals surface area contributed by atoms with Gasteiger partial charge in [0.15, 0.2) is 0 Å². The molecule has 8 aromatic rings. The lowest BCUT2D eigenvalue weighted by molar-refractivity contribution is 1.08. The van der Waals surface area contributed by atoms with Crippen LogP contribution in [0.5, 0.6) is 0 Å². The largest absolute Gasteiger partial charge is 0.309 e. The van der Waals surface area contributed by atoms with Gasteiger partial charge in [-0.25, -0.2) is 4.98 Å². The van der Waals surface area contributed by atoms with E-state index in [0.717, 1.165) is 66.2 Å². The van der Waals surface area contributed by atoms with E-state index in [9.17, 15) is 10.5 Å². The molecule has 0 radical (unpaired) electrons. The number of para-hydroxylation sites is 4. The lowest BCUT2D eigenvalue weighted by Crippen LogP contribution is -2.04. The molecule has 0 aliphatic carbocycles. The Balaban J connectivity index is 1.53. The molecule has 0 unspecified atom stereocenters. The third-order valence-corrected chi connectivity index (χ3v) is 8.07. The molecule has 0 amide bonds. The van der Waals surface area contributed by atoms with Crippen molar-refractivity contribution in [2.75, 3.05) is 0 Å². The van der Waals surface area contributed by atoms with Crippen LogP contribution in [0.2, 0.25) is 0 Å². The molecule has 3 aromatic heterocycles. The van der Waals surface area contributed by atoms with Crippen LogP contribution in [-0.4, -0.2) is 14.1 Å². The second-order valence-electron chi connectivity index (χ2n) is 10.3. The van der Waals surface area contributed by atoms with Crippen molar-refractivity contribution in [1.82, 2.24) is 14.1 Å². The molecule has 0 spiro atoms. The van der Waals surface area contributed by atoms with E-state index in [1.165, 1.54) is 0 Å². The molecule has 0 atom stereocenters. The van der Waals surface area contributed by atoms with Crippen LogP contribution in [0.25, 0.3) is 66.2 Å². The van der Waals surface area contributed by atoms with Crippen molar-refractivity contribution >= 4 is 43.6 Å². The highest BCUT2D eigenvalue weighted by atomic mass is 15.1. The molecule has 8 rings (SSSR count). The van der Waals surface area contributed by atoms with Crippen LogP contribution in [0, 0.1) is 22.7 Å². The summed E-state index contributed by atoms with van der Waals surface area (Å²) in [6, 6.07) is 45.4. The van der Waals surface area contributed by atoms with E-state index in [2.05, 4.69) is 81.9 Å². The van der Waals surface area contributed by atoms with E-state index in [-0.39, 0.29) is 0 Å². The first kappa shape index (κ1) is 23.7. The molecule has 0 saturated carbocycles. The number of nitriles is 2. The summed E-state index contributed by atoms with van der Waals surface area (Å²) in [5.74, 6) is 0.755. The average molecular weight is 536 g/mol. The molecule has 5 aromatic carbocycles. The Labute approximate surface area is 241 Å². The second-order valence-corrected chi connectivity index (χ2v) is 10.3. The maximum atomic E-state index is 10.1. The standard InChI is InChI=1S/C37H21N5/c38-22-24-20-31(36(21-25(24)23-39)41-32-15-5-1-10-26(32)27-11-2-6-16-33(27)41)30-14-9-19-40-37(30)42-34-17-7-3-12-28(34)29-13-4-8-18-35(29)42/h1-21H. The highest BCUT2D eigenvalue weighted by molar-refractivity contribution is 6.11. The topological polar surface area (TPSA) is 70.3 Å². The molecule has 0 saturated heterocycles. The summed E-state index contributed by atoms with van der Waals surface area (Å²) in [6.07, 6.45) is 1.80. The predicted octanol–water partition coefficient (Wildman–Crippen LogP) is 8.69. The van der Waals surface area contributed by atoms with Gasteiger partial charge in [-0.2, -0.15) is 10.5 Å². The van der Waals surface area contributed by atoms with Gasteiger partial charge >= 0.3 is 0 Å². The SMILES string of the molecule is N#Cc1cc(-c2cccnc2-n2c3ccccc3c3ccccc32)c(-n2c3ccccc3c3ccccc32)cc1C#N. The fourth-order valence-corrected chi connectivity index (χ4v) is 6.29. The van der Waals surface area contributed by atoms with Crippen molar-refractivity contribution in [1.29, 1.82) is 10.5 Å². The summed E-state index contributed by atoms with van der Waals surface area (Å²) in [7, 11) is 0. The molecule has 42 heavy (non-hydrogen) atoms. The highest BCUT2D eigenvalue weighted by Gasteiger charge is 2.22. The molecule has 5 nitrogen and oxygen atoms in total. The van der Waals surface area contributed by atoms with Crippen LogP contribution in [0.4, 0.5) is 0 Å². The van der Waals surface area contributed by atoms with E-state index < -0.39 is 0 Å². The van der Waals surface area contributed by atoms with Crippen LogP contribution in [0.15, 0.2) is 128 Å². The number of aromatic nitrogens is 3. The summed E-state index contributed by atoms with van der Waals surface area (Å²) >= 11 is 0. The first-order valence-corrected chi connectivity index (χ1v) is 13.7. The van der Waals surface area contributed by atoms with Gasteiger partial charge in [0.25, 0.3) is 0 Å². The first-order valence-electron chi connectivity index (χ1n) is 13.7. The Bertz CT molecular complexity index is 2340. The number of benzene rings is 5. The zero-order chi connectivity index (χ0) is 28.2. The molecule has 0 N–H and O–H groups in total. The normalized spacial score (nSPS) is 11.3. The Morgan fingerprint density at radius 1 is 0.476 bits per heavy atom. The quantitative estimate of drug-likeness (QED) is 0.227. The van der Waals surface area contributed by atoms with E-state index in [4.69, 9.17) is 4.98 Å². The van der Waals surface area contributed by atoms with Crippen molar-refractivity contribution in [3.8, 4) is 34.8 Å². The van der Waals surface area contributed by atoms with E-state index in [0.29, 0.717) is 11.1 Å². The molecule has 0 fully saturated rings. The van der Waals surface area contributed by atoms with Gasteiger partial charge in [0.05, 0.1) is 38.9 Å². The Morgan fingerprint density at radius 3 is 1.43 bits per heavy atom. The minimum atomic E-state index is 0.328. The Morgan fingerprint density at radius 2 is 0.929 bits per heavy atom. The van der Waals surface area contributed by atoms with Gasteiger partial charge in [-0.05, 0) is 48.5 Å². The summed E-state index contributed by atoms with van der Waals surface area (Å²) in [4.78, 5) is 4.95. The van der Waals surface area contributed by atoms with Crippen molar-refractivity contribution in [3.63, 3.8) is 0 Å². The maximum absolute atomic E-state index is 10.1. The highest BCUT2D eigenvalue weighted by Crippen LogP contribution is 2.40. The molecule has 194 valence electrons. The summed E-state index contributed by atoms with van der Waals surface area (Å²) < 4.78 is 4.39. The fraction of sp³-hybridized carbons (Fsp3) is 0. The number of hydrogen-bond acceptors (Lipinski definition) is 3. The van der Waals surface area contributed by atoms with Crippen molar-refractivity contribution in [2.24, 2.45) is 0 Å². The lowest BCUT2D eigenvalue weighted by Gasteiger charge is -2.18. The van der Waals surface area contributed by atoms with Gasteiger partial charge in [-0.3, -0.25) is 4.57 Å². The lowest BCUT2D eigenvalue weighted by atomic mass is 9.97. The van der Waals surface area contributed by atoms with E-state index >= 15 is 0 Å². The summed E-state index contributed by atoms with van der Waals surface area (Å²) in [6.45, 7) is 0. The Hall–Kier alpha value is -6.17. The first-order chi connectivity index (χ1) is 20.8. The fourth-order valence-electron chi connectivity index (χ4n) is 6.29. The van der Waals surface area contributed by atoms with Gasteiger partial charge in [0.1, 0.15) is 18.0 Å². The molecule has 3 heterocycles. The number of pyridine rings is 1. The summed E-state index contributed by atoms with van der Waals surface area (Å²) in [5, 5.41) is 24.7. The van der Waals surface area contributed by atoms with Crippen molar-refractivity contribution < 1.29 is 0 Å². The van der Waals surface area contributed by atoms with Crippen LogP contribution < -0.4 is 0 Å². The predicted molar refractivity (Wildman–Crippen MR) is 168 cm³/mol. The van der Waals surface area contributed by atoms with Gasteiger partial charge in [0, 0.05) is 38.9 Å². The molecule has 0 aliphatic rings. The molecule has 0 aliphatic heterocycles. The van der Waals surface area contributed by atoms with Crippen LogP contribution in [0.3, 0.4) is 0 Å². The number of rotatable bonds is 3. The maximum Gasteiger partial charge on any atom is 0.145 e. The smallest absolute Gasteiger partial charge is 0.145 e. The minimum absolute atomic E-state index is 0.328. The van der Waals surface area contributed by atoms with E-state index in [1.54, 1.807) is 6.20 Å². The van der Waals surface area contributed by atoms with Gasteiger partial charge in [-0.15, -0.1) is 0 Å². The third-order valence-electron chi connectivity index (χ3n) is 8.07. The van der Waals surface area contributed by atoms with Crippen LogP contribution in [0.1, 0.15) is 11.1 Å². The van der Waals surface area contributed by atoms with Crippen molar-refractivity contribution in [2.45, 2.75) is 0 Å². The minimum Gasteiger partial charge on any atom is -0.309 e. The van der Waals surface area contributed by atoms with Crippen molar-refractivity contribution in [3.05, 3.63) is 139 Å². The monoisotopic (exact) mass is 535 g/mol. The summed E-state index contributed by atoms with van der Waals surface area (Å²) in [5.41, 5.74) is 7.31. The molecular weight excluding hydrogens is 514 g/mol. The molecule has 0 bridgehead atoms. The number of hydrogen-bond donors (Lipinski definition) is 0. The van der Waals surface area contributed by atoms with Crippen LogP contribution >= 0.6 is 0 Å². The number of fused-ring (bicyclic) bond motifs is 6. The zero-order valence-electron chi connectivity index (χ0n) is 22.4. The number of nitrogens with zero attached hydrogens (tertiary/aromatic N) is 5. The molecular formula is C37H21N5. The van der Waals surface area contributed by atoms with Crippen LogP contribution in [-0.2, 0) is 0 Å². The van der Waals surface area contributed by atoms with Gasteiger partial charge in [-0.1, -0.05) is 72.8 Å². The zero-order valence-corrected chi connectivity index (χ0v) is 22.4. The van der Waals surface area contributed by atoms with E-state index in [1.807, 2.05) is 60.7 Å². The third kappa shape index (κ3) is 3.32. The Kier molecular flexibility index (Phi) is 5.19. The molecule has 5 heteroatoms.